The lowest BCUT2D eigenvalue weighted by molar-refractivity contribution is -0.130. The average molecular weight is 375 g/mol. The number of para-hydroxylation sites is 1. The van der Waals surface area contributed by atoms with Crippen LogP contribution in [0.25, 0.3) is 0 Å². The number of benzene rings is 1. The van der Waals surface area contributed by atoms with Gasteiger partial charge in [-0.2, -0.15) is 0 Å². The van der Waals surface area contributed by atoms with E-state index in [4.69, 9.17) is 4.42 Å². The fraction of sp³-hybridized carbons (Fsp3) is 0.526. The number of thioether (sulfide) groups is 1. The molecule has 0 saturated carbocycles. The Labute approximate surface area is 159 Å². The van der Waals surface area contributed by atoms with E-state index in [0.29, 0.717) is 11.1 Å². The Morgan fingerprint density at radius 1 is 1.12 bits per heavy atom. The van der Waals surface area contributed by atoms with Gasteiger partial charge in [0, 0.05) is 37.3 Å². The molecular formula is C19H26N4O2S. The monoisotopic (exact) mass is 374 g/mol. The summed E-state index contributed by atoms with van der Waals surface area (Å²) in [4.78, 5) is 17.0. The van der Waals surface area contributed by atoms with Crippen molar-refractivity contribution in [3.05, 3.63) is 36.2 Å². The molecule has 1 aromatic heterocycles. The molecule has 3 rings (SSSR count). The summed E-state index contributed by atoms with van der Waals surface area (Å²) in [5.41, 5.74) is 1.02. The van der Waals surface area contributed by atoms with Gasteiger partial charge in [-0.3, -0.25) is 4.79 Å². The van der Waals surface area contributed by atoms with Crippen molar-refractivity contribution in [2.24, 2.45) is 0 Å². The van der Waals surface area contributed by atoms with Crippen LogP contribution in [-0.4, -0.2) is 52.4 Å². The topological polar surface area (TPSA) is 62.5 Å². The first-order valence-electron chi connectivity index (χ1n) is 8.94. The third-order valence-corrected chi connectivity index (χ3v) is 5.31. The first-order chi connectivity index (χ1) is 12.3. The van der Waals surface area contributed by atoms with E-state index < -0.39 is 0 Å². The average Bonchev–Trinajstić information content (AvgIpc) is 3.11. The highest BCUT2D eigenvalue weighted by Gasteiger charge is 2.28. The van der Waals surface area contributed by atoms with Crippen molar-refractivity contribution in [2.45, 2.75) is 43.6 Å². The predicted octanol–water partition coefficient (Wildman–Crippen LogP) is 3.20. The number of nitrogens with zero attached hydrogens (tertiary/aromatic N) is 4. The maximum Gasteiger partial charge on any atom is 0.277 e. The van der Waals surface area contributed by atoms with Crippen molar-refractivity contribution in [3.8, 4) is 0 Å². The third kappa shape index (κ3) is 4.38. The zero-order valence-corrected chi connectivity index (χ0v) is 16.6. The summed E-state index contributed by atoms with van der Waals surface area (Å²) in [5.74, 6) is 0.717. The Kier molecular flexibility index (Phi) is 5.55. The van der Waals surface area contributed by atoms with Crippen molar-refractivity contribution in [1.82, 2.24) is 15.1 Å². The first kappa shape index (κ1) is 18.8. The SMILES string of the molecule is C[C@H](Sc1nnc(C(C)(C)C)o1)C(=O)N1CCN(c2ccccc2)CC1. The number of piperazine rings is 1. The Hall–Kier alpha value is -2.02. The van der Waals surface area contributed by atoms with Gasteiger partial charge in [0.25, 0.3) is 5.22 Å². The molecule has 7 heteroatoms. The van der Waals surface area contributed by atoms with E-state index in [1.807, 2.05) is 50.8 Å². The standard InChI is InChI=1S/C19H26N4O2S/c1-14(26-18-21-20-17(25-18)19(2,3)4)16(24)23-12-10-22(11-13-23)15-8-6-5-7-9-15/h5-9,14H,10-13H2,1-4H3/t14-/m0/s1. The number of carbonyl (C=O) groups is 1. The van der Waals surface area contributed by atoms with E-state index >= 15 is 0 Å². The molecule has 1 aromatic carbocycles. The van der Waals surface area contributed by atoms with Gasteiger partial charge in [-0.15, -0.1) is 10.2 Å². The number of aromatic nitrogens is 2. The molecular weight excluding hydrogens is 348 g/mol. The van der Waals surface area contributed by atoms with E-state index in [-0.39, 0.29) is 16.6 Å². The highest BCUT2D eigenvalue weighted by Crippen LogP contribution is 2.28. The first-order valence-corrected chi connectivity index (χ1v) is 9.82. The van der Waals surface area contributed by atoms with E-state index in [2.05, 4.69) is 27.2 Å². The molecule has 1 aliphatic rings. The molecule has 0 unspecified atom stereocenters. The van der Waals surface area contributed by atoms with E-state index in [1.165, 1.54) is 17.4 Å². The smallest absolute Gasteiger partial charge is 0.277 e. The summed E-state index contributed by atoms with van der Waals surface area (Å²) in [6.07, 6.45) is 0. The molecule has 26 heavy (non-hydrogen) atoms. The van der Waals surface area contributed by atoms with Crippen LogP contribution < -0.4 is 4.90 Å². The van der Waals surface area contributed by atoms with Gasteiger partial charge < -0.3 is 14.2 Å². The fourth-order valence-corrected chi connectivity index (χ4v) is 3.61. The van der Waals surface area contributed by atoms with E-state index in [1.54, 1.807) is 0 Å². The van der Waals surface area contributed by atoms with Crippen molar-refractivity contribution in [3.63, 3.8) is 0 Å². The molecule has 1 atom stereocenters. The minimum atomic E-state index is -0.244. The van der Waals surface area contributed by atoms with Gasteiger partial charge in [0.1, 0.15) is 0 Å². The third-order valence-electron chi connectivity index (χ3n) is 4.39. The second kappa shape index (κ2) is 7.70. The zero-order valence-electron chi connectivity index (χ0n) is 15.8. The second-order valence-corrected chi connectivity index (χ2v) is 8.82. The maximum absolute atomic E-state index is 12.7. The van der Waals surface area contributed by atoms with E-state index in [9.17, 15) is 4.79 Å². The van der Waals surface area contributed by atoms with Gasteiger partial charge >= 0.3 is 0 Å². The number of hydrogen-bond donors (Lipinski definition) is 0. The van der Waals surface area contributed by atoms with Crippen molar-refractivity contribution >= 4 is 23.4 Å². The van der Waals surface area contributed by atoms with Gasteiger partial charge in [0.2, 0.25) is 11.8 Å². The fourth-order valence-electron chi connectivity index (χ4n) is 2.84. The Balaban J connectivity index is 1.54. The van der Waals surface area contributed by atoms with Crippen LogP contribution in [0.4, 0.5) is 5.69 Å². The molecule has 0 spiro atoms. The molecule has 6 nitrogen and oxygen atoms in total. The quantitative estimate of drug-likeness (QED) is 0.766. The Morgan fingerprint density at radius 3 is 2.35 bits per heavy atom. The largest absolute Gasteiger partial charge is 0.415 e. The summed E-state index contributed by atoms with van der Waals surface area (Å²) in [7, 11) is 0. The molecule has 140 valence electrons. The van der Waals surface area contributed by atoms with Gasteiger partial charge in [0.05, 0.1) is 5.25 Å². The molecule has 1 aliphatic heterocycles. The van der Waals surface area contributed by atoms with Crippen LogP contribution in [0.2, 0.25) is 0 Å². The summed E-state index contributed by atoms with van der Waals surface area (Å²) in [6, 6.07) is 10.3. The maximum atomic E-state index is 12.7. The number of carbonyl (C=O) groups excluding carboxylic acids is 1. The minimum absolute atomic E-state index is 0.123. The van der Waals surface area contributed by atoms with Crippen molar-refractivity contribution in [2.75, 3.05) is 31.1 Å². The number of hydrogen-bond acceptors (Lipinski definition) is 6. The number of amides is 1. The van der Waals surface area contributed by atoms with Crippen LogP contribution in [0.5, 0.6) is 0 Å². The Morgan fingerprint density at radius 2 is 1.77 bits per heavy atom. The van der Waals surface area contributed by atoms with Crippen LogP contribution in [0.1, 0.15) is 33.6 Å². The molecule has 0 radical (unpaired) electrons. The highest BCUT2D eigenvalue weighted by molar-refractivity contribution is 8.00. The molecule has 0 aliphatic carbocycles. The van der Waals surface area contributed by atoms with Crippen LogP contribution in [0.15, 0.2) is 40.0 Å². The lowest BCUT2D eigenvalue weighted by Crippen LogP contribution is -2.50. The van der Waals surface area contributed by atoms with E-state index in [0.717, 1.165) is 26.2 Å². The lowest BCUT2D eigenvalue weighted by Gasteiger charge is -2.37. The molecule has 2 aromatic rings. The normalized spacial score (nSPS) is 16.6. The summed E-state index contributed by atoms with van der Waals surface area (Å²) < 4.78 is 5.69. The molecule has 2 heterocycles. The zero-order chi connectivity index (χ0) is 18.7. The summed E-state index contributed by atoms with van der Waals surface area (Å²) in [6.45, 7) is 11.1. The molecule has 1 amide bonds. The summed E-state index contributed by atoms with van der Waals surface area (Å²) in [5, 5.41) is 8.37. The molecule has 0 bridgehead atoms. The number of anilines is 1. The molecule has 1 saturated heterocycles. The molecule has 1 fully saturated rings. The van der Waals surface area contributed by atoms with Crippen molar-refractivity contribution < 1.29 is 9.21 Å². The number of rotatable bonds is 4. The van der Waals surface area contributed by atoms with Gasteiger partial charge in [0.15, 0.2) is 0 Å². The van der Waals surface area contributed by atoms with Crippen LogP contribution >= 0.6 is 11.8 Å². The highest BCUT2D eigenvalue weighted by atomic mass is 32.2. The Bertz CT molecular complexity index is 733. The van der Waals surface area contributed by atoms with Gasteiger partial charge in [-0.25, -0.2) is 0 Å². The minimum Gasteiger partial charge on any atom is -0.415 e. The van der Waals surface area contributed by atoms with Crippen molar-refractivity contribution in [1.29, 1.82) is 0 Å². The predicted molar refractivity (Wildman–Crippen MR) is 104 cm³/mol. The van der Waals surface area contributed by atoms with Crippen LogP contribution in [0.3, 0.4) is 0 Å². The molecule has 0 N–H and O–H groups in total. The van der Waals surface area contributed by atoms with Gasteiger partial charge in [-0.05, 0) is 19.1 Å². The lowest BCUT2D eigenvalue weighted by atomic mass is 9.97. The van der Waals surface area contributed by atoms with Crippen LogP contribution in [-0.2, 0) is 10.2 Å². The van der Waals surface area contributed by atoms with Gasteiger partial charge in [-0.1, -0.05) is 50.7 Å². The summed E-state index contributed by atoms with van der Waals surface area (Å²) >= 11 is 1.33. The second-order valence-electron chi connectivity index (χ2n) is 7.53. The van der Waals surface area contributed by atoms with Crippen LogP contribution in [0, 0.1) is 0 Å².